The number of H-pyrrole nitrogens is 1. The van der Waals surface area contributed by atoms with Crippen molar-refractivity contribution in [1.82, 2.24) is 19.7 Å². The molecule has 9 heteroatoms. The molecule has 1 aliphatic carbocycles. The number of benzene rings is 1. The Morgan fingerprint density at radius 3 is 2.72 bits per heavy atom. The predicted octanol–water partition coefficient (Wildman–Crippen LogP) is 2.48. The molecule has 3 aromatic rings. The Hall–Kier alpha value is -3.10. The van der Waals surface area contributed by atoms with Crippen molar-refractivity contribution in [2.45, 2.75) is 19.0 Å². The molecule has 0 unspecified atom stereocenters. The maximum atomic E-state index is 13.8. The molecule has 0 aliphatic heterocycles. The number of nitrogens with zero attached hydrogens (tertiary/aromatic N) is 3. The van der Waals surface area contributed by atoms with E-state index in [4.69, 9.17) is 5.73 Å². The van der Waals surface area contributed by atoms with Gasteiger partial charge in [-0.1, -0.05) is 24.3 Å². The first-order valence-corrected chi connectivity index (χ1v) is 7.49. The number of fused-ring (bicyclic) bond motifs is 3. The molecule has 4 rings (SSSR count). The Morgan fingerprint density at radius 2 is 2.00 bits per heavy atom. The minimum Gasteiger partial charge on any atom is -0.364 e. The van der Waals surface area contributed by atoms with Crippen LogP contribution >= 0.6 is 0 Å². The van der Waals surface area contributed by atoms with Crippen molar-refractivity contribution in [2.75, 3.05) is 0 Å². The molecule has 0 bridgehead atoms. The molecule has 2 aromatic heterocycles. The molecule has 1 aliphatic rings. The fourth-order valence-corrected chi connectivity index (χ4v) is 3.21. The number of aryl methyl sites for hydroxylation is 1. The zero-order valence-electron chi connectivity index (χ0n) is 12.8. The monoisotopic (exact) mass is 347 g/mol. The molecule has 0 saturated carbocycles. The van der Waals surface area contributed by atoms with Crippen molar-refractivity contribution in [1.29, 1.82) is 0 Å². The highest BCUT2D eigenvalue weighted by molar-refractivity contribution is 5.94. The van der Waals surface area contributed by atoms with Gasteiger partial charge in [-0.05, 0) is 18.4 Å². The Labute approximate surface area is 139 Å². The zero-order valence-corrected chi connectivity index (χ0v) is 12.8. The van der Waals surface area contributed by atoms with E-state index in [1.54, 1.807) is 12.1 Å². The number of carbonyl (C=O) groups excluding carboxylic acids is 1. The van der Waals surface area contributed by atoms with Gasteiger partial charge in [0.15, 0.2) is 17.2 Å². The fourth-order valence-electron chi connectivity index (χ4n) is 3.21. The smallest absolute Gasteiger partial charge is 0.364 e. The normalized spacial score (nSPS) is 13.4. The number of hydrogen-bond acceptors (Lipinski definition) is 3. The summed E-state index contributed by atoms with van der Waals surface area (Å²) in [5, 5.41) is 4.15. The van der Waals surface area contributed by atoms with Gasteiger partial charge in [0.2, 0.25) is 0 Å². The lowest BCUT2D eigenvalue weighted by atomic mass is 9.89. The predicted molar refractivity (Wildman–Crippen MR) is 82.1 cm³/mol. The molecule has 0 atom stereocenters. The lowest BCUT2D eigenvalue weighted by Gasteiger charge is -2.16. The fraction of sp³-hybridized carbons (Fsp3) is 0.188. The average molecular weight is 347 g/mol. The van der Waals surface area contributed by atoms with E-state index < -0.39 is 17.8 Å². The quantitative estimate of drug-likeness (QED) is 0.746. The summed E-state index contributed by atoms with van der Waals surface area (Å²) in [7, 11) is 0. The molecule has 0 fully saturated rings. The van der Waals surface area contributed by atoms with Crippen molar-refractivity contribution in [3.63, 3.8) is 0 Å². The van der Waals surface area contributed by atoms with E-state index in [1.807, 2.05) is 12.1 Å². The number of halogens is 3. The first kappa shape index (κ1) is 15.4. The van der Waals surface area contributed by atoms with E-state index in [0.717, 1.165) is 11.9 Å². The maximum absolute atomic E-state index is 13.8. The van der Waals surface area contributed by atoms with Gasteiger partial charge in [-0.25, -0.2) is 9.67 Å². The van der Waals surface area contributed by atoms with Crippen LogP contribution in [0.25, 0.3) is 17.1 Å². The topological polar surface area (TPSA) is 89.6 Å². The SMILES string of the molecule is NC(=O)c1[nH]cnc1-n1nc2c(c1C(F)(F)F)CCc1ccccc1-2. The van der Waals surface area contributed by atoms with Crippen LogP contribution in [0.1, 0.15) is 27.3 Å². The summed E-state index contributed by atoms with van der Waals surface area (Å²) in [6.45, 7) is 0. The van der Waals surface area contributed by atoms with Crippen molar-refractivity contribution in [3.05, 3.63) is 53.1 Å². The second kappa shape index (κ2) is 5.20. The van der Waals surface area contributed by atoms with Crippen molar-refractivity contribution < 1.29 is 18.0 Å². The Balaban J connectivity index is 2.03. The molecule has 3 N–H and O–H groups in total. The number of aromatic amines is 1. The van der Waals surface area contributed by atoms with E-state index in [2.05, 4.69) is 15.1 Å². The minimum absolute atomic E-state index is 0.102. The van der Waals surface area contributed by atoms with Crippen LogP contribution in [-0.2, 0) is 19.0 Å². The first-order chi connectivity index (χ1) is 11.9. The molecular formula is C16H12F3N5O. The number of rotatable bonds is 2. The molecule has 0 radical (unpaired) electrons. The lowest BCUT2D eigenvalue weighted by molar-refractivity contribution is -0.143. The lowest BCUT2D eigenvalue weighted by Crippen LogP contribution is -2.20. The van der Waals surface area contributed by atoms with Gasteiger partial charge in [0.25, 0.3) is 5.91 Å². The molecule has 25 heavy (non-hydrogen) atoms. The van der Waals surface area contributed by atoms with Gasteiger partial charge in [0, 0.05) is 11.1 Å². The number of nitrogens with two attached hydrogens (primary N) is 1. The highest BCUT2D eigenvalue weighted by Crippen LogP contribution is 2.42. The van der Waals surface area contributed by atoms with Gasteiger partial charge >= 0.3 is 6.18 Å². The minimum atomic E-state index is -4.65. The summed E-state index contributed by atoms with van der Waals surface area (Å²) in [4.78, 5) is 17.8. The van der Waals surface area contributed by atoms with Gasteiger partial charge in [-0.15, -0.1) is 0 Å². The number of imidazole rings is 1. The molecule has 1 amide bonds. The van der Waals surface area contributed by atoms with Crippen LogP contribution in [0.15, 0.2) is 30.6 Å². The number of amides is 1. The summed E-state index contributed by atoms with van der Waals surface area (Å²) in [5.74, 6) is -1.17. The van der Waals surface area contributed by atoms with Crippen LogP contribution in [-0.4, -0.2) is 25.7 Å². The molecule has 1 aromatic carbocycles. The van der Waals surface area contributed by atoms with Gasteiger partial charge in [0.1, 0.15) is 0 Å². The van der Waals surface area contributed by atoms with E-state index in [-0.39, 0.29) is 29.2 Å². The molecule has 128 valence electrons. The summed E-state index contributed by atoms with van der Waals surface area (Å²) in [6.07, 6.45) is -2.84. The number of hydrogen-bond donors (Lipinski definition) is 2. The molecule has 0 saturated heterocycles. The third-order valence-electron chi connectivity index (χ3n) is 4.24. The number of aromatic nitrogens is 4. The molecular weight excluding hydrogens is 335 g/mol. The van der Waals surface area contributed by atoms with E-state index in [9.17, 15) is 18.0 Å². The number of primary amides is 1. The van der Waals surface area contributed by atoms with E-state index in [1.165, 1.54) is 0 Å². The Bertz CT molecular complexity index is 986. The van der Waals surface area contributed by atoms with Gasteiger partial charge in [-0.2, -0.15) is 18.3 Å². The van der Waals surface area contributed by atoms with Crippen LogP contribution in [0.3, 0.4) is 0 Å². The van der Waals surface area contributed by atoms with Gasteiger partial charge in [0.05, 0.1) is 12.0 Å². The Kier molecular flexibility index (Phi) is 3.21. The number of carbonyl (C=O) groups is 1. The van der Waals surface area contributed by atoms with Crippen LogP contribution in [0.2, 0.25) is 0 Å². The largest absolute Gasteiger partial charge is 0.433 e. The molecule has 0 spiro atoms. The van der Waals surface area contributed by atoms with Crippen molar-refractivity contribution in [2.24, 2.45) is 5.73 Å². The summed E-state index contributed by atoms with van der Waals surface area (Å²) >= 11 is 0. The van der Waals surface area contributed by atoms with Crippen LogP contribution < -0.4 is 5.73 Å². The summed E-state index contributed by atoms with van der Waals surface area (Å²) in [6, 6.07) is 7.20. The second-order valence-electron chi connectivity index (χ2n) is 5.71. The van der Waals surface area contributed by atoms with E-state index >= 15 is 0 Å². The Morgan fingerprint density at radius 1 is 1.24 bits per heavy atom. The number of nitrogens with one attached hydrogen (secondary N) is 1. The highest BCUT2D eigenvalue weighted by Gasteiger charge is 2.42. The van der Waals surface area contributed by atoms with Gasteiger partial charge < -0.3 is 10.7 Å². The van der Waals surface area contributed by atoms with Crippen molar-refractivity contribution >= 4 is 5.91 Å². The average Bonchev–Trinajstić information content (AvgIpc) is 3.18. The van der Waals surface area contributed by atoms with Crippen molar-refractivity contribution in [3.8, 4) is 17.1 Å². The van der Waals surface area contributed by atoms with Crippen LogP contribution in [0.5, 0.6) is 0 Å². The highest BCUT2D eigenvalue weighted by atomic mass is 19.4. The third-order valence-corrected chi connectivity index (χ3v) is 4.24. The number of alkyl halides is 3. The van der Waals surface area contributed by atoms with E-state index in [0.29, 0.717) is 16.7 Å². The van der Waals surface area contributed by atoms with Gasteiger partial charge in [-0.3, -0.25) is 4.79 Å². The first-order valence-electron chi connectivity index (χ1n) is 7.49. The second-order valence-corrected chi connectivity index (χ2v) is 5.71. The standard InChI is InChI=1S/C16H12F3N5O/c17-16(18,19)13-10-6-5-8-3-1-2-4-9(8)11(10)23-24(13)15-12(14(20)25)21-7-22-15/h1-4,7H,5-6H2,(H2,20,25)(H,21,22). The molecule has 2 heterocycles. The zero-order chi connectivity index (χ0) is 17.8. The van der Waals surface area contributed by atoms with Crippen LogP contribution in [0, 0.1) is 0 Å². The summed E-state index contributed by atoms with van der Waals surface area (Å²) in [5.41, 5.74) is 6.02. The summed E-state index contributed by atoms with van der Waals surface area (Å²) < 4.78 is 41.9. The molecule has 6 nitrogen and oxygen atoms in total. The maximum Gasteiger partial charge on any atom is 0.433 e. The van der Waals surface area contributed by atoms with Crippen LogP contribution in [0.4, 0.5) is 13.2 Å². The third kappa shape index (κ3) is 2.31.